The van der Waals surface area contributed by atoms with E-state index >= 15 is 0 Å². The molecule has 1 aliphatic rings. The number of halogens is 3. The minimum atomic E-state index is -4.69. The molecule has 0 N–H and O–H groups in total. The molecule has 184 valence electrons. The van der Waals surface area contributed by atoms with Gasteiger partial charge in [-0.1, -0.05) is 46.2 Å². The van der Waals surface area contributed by atoms with Gasteiger partial charge in [0.25, 0.3) is 0 Å². The Hall–Kier alpha value is -2.50. The van der Waals surface area contributed by atoms with Crippen LogP contribution in [0.2, 0.25) is 0 Å². The smallest absolute Gasteiger partial charge is 0.406 e. The number of alkyl halides is 3. The highest BCUT2D eigenvalue weighted by Crippen LogP contribution is 2.45. The Kier molecular flexibility index (Phi) is 6.71. The highest BCUT2D eigenvalue weighted by atomic mass is 19.4. The molecule has 2 aromatic carbocycles. The van der Waals surface area contributed by atoms with Crippen molar-refractivity contribution in [3.63, 3.8) is 0 Å². The van der Waals surface area contributed by atoms with E-state index in [4.69, 9.17) is 4.98 Å². The predicted molar refractivity (Wildman–Crippen MR) is 130 cm³/mol. The quantitative estimate of drug-likeness (QED) is 0.362. The van der Waals surface area contributed by atoms with Crippen LogP contribution in [-0.4, -0.2) is 15.9 Å². The molecule has 3 nitrogen and oxygen atoms in total. The zero-order valence-electron chi connectivity index (χ0n) is 20.8. The van der Waals surface area contributed by atoms with Crippen molar-refractivity contribution in [3.05, 3.63) is 58.9 Å². The lowest BCUT2D eigenvalue weighted by Gasteiger charge is -2.40. The first-order valence-electron chi connectivity index (χ1n) is 12.3. The molecule has 34 heavy (non-hydrogen) atoms. The largest absolute Gasteiger partial charge is 0.573 e. The molecule has 1 fully saturated rings. The molecule has 4 rings (SSSR count). The van der Waals surface area contributed by atoms with E-state index in [1.54, 1.807) is 12.1 Å². The van der Waals surface area contributed by atoms with E-state index in [2.05, 4.69) is 56.1 Å². The Bertz CT molecular complexity index is 1150. The summed E-state index contributed by atoms with van der Waals surface area (Å²) in [4.78, 5) is 5.07. The Morgan fingerprint density at radius 3 is 2.44 bits per heavy atom. The second-order valence-electron chi connectivity index (χ2n) is 10.9. The molecule has 0 unspecified atom stereocenters. The monoisotopic (exact) mass is 472 g/mol. The molecule has 6 heteroatoms. The first-order valence-corrected chi connectivity index (χ1v) is 12.3. The van der Waals surface area contributed by atoms with E-state index in [-0.39, 0.29) is 11.2 Å². The Labute approximate surface area is 200 Å². The maximum Gasteiger partial charge on any atom is 0.573 e. The highest BCUT2D eigenvalue weighted by Gasteiger charge is 2.35. The van der Waals surface area contributed by atoms with Crippen LogP contribution >= 0.6 is 0 Å². The van der Waals surface area contributed by atoms with Gasteiger partial charge in [0, 0.05) is 12.5 Å². The van der Waals surface area contributed by atoms with Gasteiger partial charge < -0.3 is 9.30 Å². The van der Waals surface area contributed by atoms with Crippen LogP contribution in [0, 0.1) is 18.3 Å². The molecule has 0 radical (unpaired) electrons. The third-order valence-corrected chi connectivity index (χ3v) is 6.99. The molecule has 2 atom stereocenters. The van der Waals surface area contributed by atoms with Crippen LogP contribution < -0.4 is 4.74 Å². The number of hydrogen-bond acceptors (Lipinski definition) is 2. The van der Waals surface area contributed by atoms with Crippen molar-refractivity contribution in [2.45, 2.75) is 85.5 Å². The van der Waals surface area contributed by atoms with Crippen molar-refractivity contribution in [3.8, 4) is 5.75 Å². The van der Waals surface area contributed by atoms with Crippen molar-refractivity contribution in [2.24, 2.45) is 11.3 Å². The predicted octanol–water partition coefficient (Wildman–Crippen LogP) is 8.17. The highest BCUT2D eigenvalue weighted by molar-refractivity contribution is 5.78. The molecule has 1 aromatic heterocycles. The molecule has 1 saturated carbocycles. The number of aromatic nitrogens is 2. The molecule has 0 amide bonds. The summed E-state index contributed by atoms with van der Waals surface area (Å²) in [6, 6.07) is 11.0. The van der Waals surface area contributed by atoms with E-state index in [0.29, 0.717) is 18.4 Å². The number of ether oxygens (including phenoxy) is 1. The number of fused-ring (bicyclic) bond motifs is 1. The minimum Gasteiger partial charge on any atom is -0.406 e. The van der Waals surface area contributed by atoms with Gasteiger partial charge >= 0.3 is 6.36 Å². The fourth-order valence-electron chi connectivity index (χ4n) is 5.89. The summed E-state index contributed by atoms with van der Waals surface area (Å²) in [5.74, 6) is 1.40. The van der Waals surface area contributed by atoms with Gasteiger partial charge in [-0.3, -0.25) is 0 Å². The Balaban J connectivity index is 1.75. The lowest BCUT2D eigenvalue weighted by molar-refractivity contribution is -0.274. The zero-order chi connectivity index (χ0) is 24.7. The standard InChI is InChI=1S/C28H35F3N2O/c1-6-7-21-15-24-25(13-19(21)3)33(22-12-18(2)16-27(4,5)17-22)26(32-24)14-20-8-10-23(11-9-20)34-28(29,30)31/h8-11,13,15,18,22H,6-7,12,14,16-17H2,1-5H3/t18-,22+/m1/s1. The van der Waals surface area contributed by atoms with Crippen LogP contribution in [0.1, 0.15) is 81.9 Å². The summed E-state index contributed by atoms with van der Waals surface area (Å²) in [6.45, 7) is 11.4. The van der Waals surface area contributed by atoms with Gasteiger partial charge in [-0.05, 0) is 84.9 Å². The normalized spacial score (nSPS) is 20.6. The average molecular weight is 473 g/mol. The van der Waals surface area contributed by atoms with Gasteiger partial charge in [0.05, 0.1) is 11.0 Å². The van der Waals surface area contributed by atoms with E-state index in [9.17, 15) is 13.2 Å². The topological polar surface area (TPSA) is 27.1 Å². The van der Waals surface area contributed by atoms with Crippen molar-refractivity contribution in [1.29, 1.82) is 0 Å². The first-order chi connectivity index (χ1) is 15.9. The van der Waals surface area contributed by atoms with Gasteiger partial charge in [0.1, 0.15) is 11.6 Å². The molecule has 1 aliphatic carbocycles. The summed E-state index contributed by atoms with van der Waals surface area (Å²) in [5.41, 5.74) is 5.97. The second-order valence-corrected chi connectivity index (χ2v) is 10.9. The minimum absolute atomic E-state index is 0.201. The maximum absolute atomic E-state index is 12.5. The van der Waals surface area contributed by atoms with Gasteiger partial charge in [0.15, 0.2) is 0 Å². The summed E-state index contributed by atoms with van der Waals surface area (Å²) in [7, 11) is 0. The Morgan fingerprint density at radius 1 is 1.12 bits per heavy atom. The number of benzene rings is 2. The van der Waals surface area contributed by atoms with Gasteiger partial charge in [-0.25, -0.2) is 4.98 Å². The lowest BCUT2D eigenvalue weighted by atomic mass is 9.70. The number of rotatable bonds is 6. The van der Waals surface area contributed by atoms with E-state index < -0.39 is 6.36 Å². The summed E-state index contributed by atoms with van der Waals surface area (Å²) in [6.07, 6.45) is 1.40. The first kappa shape index (κ1) is 24.6. The lowest BCUT2D eigenvalue weighted by Crippen LogP contribution is -2.30. The van der Waals surface area contributed by atoms with Crippen molar-refractivity contribution in [2.75, 3.05) is 0 Å². The fourth-order valence-corrected chi connectivity index (χ4v) is 5.89. The van der Waals surface area contributed by atoms with Crippen molar-refractivity contribution in [1.82, 2.24) is 9.55 Å². The van der Waals surface area contributed by atoms with Crippen molar-refractivity contribution < 1.29 is 17.9 Å². The van der Waals surface area contributed by atoms with E-state index in [1.807, 2.05) is 0 Å². The fraction of sp³-hybridized carbons (Fsp3) is 0.536. The summed E-state index contributed by atoms with van der Waals surface area (Å²) >= 11 is 0. The van der Waals surface area contributed by atoms with Gasteiger partial charge in [-0.15, -0.1) is 13.2 Å². The second kappa shape index (κ2) is 9.27. The number of imidazole rings is 1. The zero-order valence-corrected chi connectivity index (χ0v) is 20.8. The third-order valence-electron chi connectivity index (χ3n) is 6.99. The molecule has 0 bridgehead atoms. The third kappa shape index (κ3) is 5.59. The summed E-state index contributed by atoms with van der Waals surface area (Å²) < 4.78 is 44.1. The van der Waals surface area contributed by atoms with E-state index in [1.165, 1.54) is 35.2 Å². The molecule has 0 spiro atoms. The summed E-state index contributed by atoms with van der Waals surface area (Å²) in [5, 5.41) is 0. The average Bonchev–Trinajstić information content (AvgIpc) is 3.04. The van der Waals surface area contributed by atoms with Gasteiger partial charge in [0.2, 0.25) is 0 Å². The molecule has 3 aromatic rings. The van der Waals surface area contributed by atoms with Crippen LogP contribution in [0.5, 0.6) is 5.75 Å². The molecular formula is C28H35F3N2O. The number of hydrogen-bond donors (Lipinski definition) is 0. The SMILES string of the molecule is CCCc1cc2nc(Cc3ccc(OC(F)(F)F)cc3)n([C@H]3C[C@@H](C)CC(C)(C)C3)c2cc1C. The van der Waals surface area contributed by atoms with Crippen LogP contribution in [0.25, 0.3) is 11.0 Å². The molecule has 1 heterocycles. The van der Waals surface area contributed by atoms with Crippen LogP contribution in [0.15, 0.2) is 36.4 Å². The van der Waals surface area contributed by atoms with Crippen LogP contribution in [0.4, 0.5) is 13.2 Å². The van der Waals surface area contributed by atoms with E-state index in [0.717, 1.165) is 42.6 Å². The maximum atomic E-state index is 12.5. The molecule has 0 saturated heterocycles. The van der Waals surface area contributed by atoms with Crippen molar-refractivity contribution >= 4 is 11.0 Å². The van der Waals surface area contributed by atoms with Crippen LogP contribution in [0.3, 0.4) is 0 Å². The number of nitrogens with zero attached hydrogens (tertiary/aromatic N) is 2. The molecular weight excluding hydrogens is 437 g/mol. The van der Waals surface area contributed by atoms with Gasteiger partial charge in [-0.2, -0.15) is 0 Å². The molecule has 0 aliphatic heterocycles. The van der Waals surface area contributed by atoms with Crippen LogP contribution in [-0.2, 0) is 12.8 Å². The number of aryl methyl sites for hydroxylation is 2. The Morgan fingerprint density at radius 2 is 1.82 bits per heavy atom.